The molecule has 2 aliphatic rings. The predicted molar refractivity (Wildman–Crippen MR) is 89.2 cm³/mol. The van der Waals surface area contributed by atoms with Crippen molar-refractivity contribution in [1.29, 1.82) is 0 Å². The number of carbonyl (C=O) groups is 2. The van der Waals surface area contributed by atoms with Crippen molar-refractivity contribution in [2.75, 3.05) is 6.61 Å². The molecule has 0 saturated heterocycles. The highest BCUT2D eigenvalue weighted by Crippen LogP contribution is 2.47. The van der Waals surface area contributed by atoms with Gasteiger partial charge in [0, 0.05) is 5.03 Å². The zero-order valence-electron chi connectivity index (χ0n) is 12.8. The highest BCUT2D eigenvalue weighted by atomic mass is 35.5. The molecule has 1 saturated carbocycles. The number of halogens is 1. The zero-order valence-corrected chi connectivity index (χ0v) is 13.6. The second-order valence-electron chi connectivity index (χ2n) is 6.24. The van der Waals surface area contributed by atoms with E-state index in [0.717, 1.165) is 36.2 Å². The fraction of sp³-hybridized carbons (Fsp3) is 0.368. The van der Waals surface area contributed by atoms with Crippen molar-refractivity contribution in [1.82, 2.24) is 0 Å². The summed E-state index contributed by atoms with van der Waals surface area (Å²) in [6.45, 7) is 0.0953. The molecule has 0 bridgehead atoms. The highest BCUT2D eigenvalue weighted by molar-refractivity contribution is 6.29. The summed E-state index contributed by atoms with van der Waals surface area (Å²) in [6, 6.07) is 8.85. The first-order valence-electron chi connectivity index (χ1n) is 7.90. The maximum Gasteiger partial charge on any atom is 0.338 e. The molecule has 4 heteroatoms. The van der Waals surface area contributed by atoms with E-state index in [-0.39, 0.29) is 18.5 Å². The lowest BCUT2D eigenvalue weighted by Crippen LogP contribution is -2.39. The average molecular weight is 331 g/mol. The van der Waals surface area contributed by atoms with E-state index in [1.165, 1.54) is 0 Å². The number of allylic oxidation sites excluding steroid dienone is 3. The first-order valence-corrected chi connectivity index (χ1v) is 8.28. The third kappa shape index (κ3) is 3.25. The Bertz CT molecular complexity index is 662. The Morgan fingerprint density at radius 1 is 1.30 bits per heavy atom. The van der Waals surface area contributed by atoms with Gasteiger partial charge in [0.2, 0.25) is 0 Å². The van der Waals surface area contributed by atoms with E-state index in [1.54, 1.807) is 24.3 Å². The van der Waals surface area contributed by atoms with Crippen molar-refractivity contribution < 1.29 is 14.3 Å². The molecule has 0 N–H and O–H groups in total. The standard InChI is InChI=1S/C19H19ClO3/c20-16-8-9-17-15(11-16)7-4-10-19(17,12-21)13-23-18(22)14-5-2-1-3-6-14/h1-3,5-6,8-9,12,15H,4,7,10-11,13H2. The fourth-order valence-corrected chi connectivity index (χ4v) is 3.79. The Labute approximate surface area is 141 Å². The summed E-state index contributed by atoms with van der Waals surface area (Å²) in [7, 11) is 0. The quantitative estimate of drug-likeness (QED) is 0.611. The van der Waals surface area contributed by atoms with Gasteiger partial charge in [0.1, 0.15) is 12.9 Å². The van der Waals surface area contributed by atoms with Gasteiger partial charge in [-0.3, -0.25) is 0 Å². The minimum atomic E-state index is -0.707. The molecule has 2 atom stereocenters. The van der Waals surface area contributed by atoms with Crippen LogP contribution in [0.4, 0.5) is 0 Å². The van der Waals surface area contributed by atoms with Gasteiger partial charge in [-0.15, -0.1) is 0 Å². The minimum Gasteiger partial charge on any atom is -0.461 e. The van der Waals surface area contributed by atoms with Crippen LogP contribution in [0.5, 0.6) is 0 Å². The maximum atomic E-state index is 12.2. The number of esters is 1. The lowest BCUT2D eigenvalue weighted by atomic mass is 9.64. The van der Waals surface area contributed by atoms with Crippen LogP contribution in [0.15, 0.2) is 53.1 Å². The first kappa shape index (κ1) is 16.0. The summed E-state index contributed by atoms with van der Waals surface area (Å²) in [5, 5.41) is 0.821. The normalized spacial score (nSPS) is 26.6. The molecule has 120 valence electrons. The Morgan fingerprint density at radius 3 is 2.83 bits per heavy atom. The van der Waals surface area contributed by atoms with E-state index < -0.39 is 5.41 Å². The molecule has 1 aromatic rings. The van der Waals surface area contributed by atoms with Crippen LogP contribution in [-0.4, -0.2) is 18.9 Å². The molecule has 0 spiro atoms. The van der Waals surface area contributed by atoms with Crippen LogP contribution in [0.25, 0.3) is 0 Å². The fourth-order valence-electron chi connectivity index (χ4n) is 3.54. The number of hydrogen-bond donors (Lipinski definition) is 0. The monoisotopic (exact) mass is 330 g/mol. The first-order chi connectivity index (χ1) is 11.1. The van der Waals surface area contributed by atoms with Crippen molar-refractivity contribution in [2.24, 2.45) is 11.3 Å². The van der Waals surface area contributed by atoms with Crippen LogP contribution in [0.1, 0.15) is 36.0 Å². The van der Waals surface area contributed by atoms with Gasteiger partial charge in [0.05, 0.1) is 11.0 Å². The summed E-state index contributed by atoms with van der Waals surface area (Å²) < 4.78 is 5.47. The van der Waals surface area contributed by atoms with Gasteiger partial charge in [-0.25, -0.2) is 4.79 Å². The third-order valence-electron chi connectivity index (χ3n) is 4.77. The molecule has 23 heavy (non-hydrogen) atoms. The van der Waals surface area contributed by atoms with E-state index >= 15 is 0 Å². The molecule has 0 radical (unpaired) electrons. The molecule has 0 amide bonds. The number of ether oxygens (including phenoxy) is 1. The van der Waals surface area contributed by atoms with Gasteiger partial charge in [0.15, 0.2) is 0 Å². The lowest BCUT2D eigenvalue weighted by molar-refractivity contribution is -0.117. The van der Waals surface area contributed by atoms with Crippen LogP contribution in [0, 0.1) is 11.3 Å². The topological polar surface area (TPSA) is 43.4 Å². The summed E-state index contributed by atoms with van der Waals surface area (Å²) in [6.07, 6.45) is 8.21. The van der Waals surface area contributed by atoms with Crippen molar-refractivity contribution in [3.63, 3.8) is 0 Å². The largest absolute Gasteiger partial charge is 0.461 e. The van der Waals surface area contributed by atoms with Gasteiger partial charge in [-0.05, 0) is 43.4 Å². The Kier molecular flexibility index (Phi) is 4.67. The molecule has 0 heterocycles. The van der Waals surface area contributed by atoms with Crippen LogP contribution >= 0.6 is 11.6 Å². The number of benzene rings is 1. The smallest absolute Gasteiger partial charge is 0.338 e. The number of fused-ring (bicyclic) bond motifs is 1. The summed E-state index contributed by atoms with van der Waals surface area (Å²) in [4.78, 5) is 24.0. The number of hydrogen-bond acceptors (Lipinski definition) is 3. The second kappa shape index (κ2) is 6.71. The van der Waals surface area contributed by atoms with Crippen LogP contribution in [0.2, 0.25) is 0 Å². The van der Waals surface area contributed by atoms with E-state index in [0.29, 0.717) is 12.0 Å². The maximum absolute atomic E-state index is 12.2. The second-order valence-corrected chi connectivity index (χ2v) is 6.73. The van der Waals surface area contributed by atoms with Crippen LogP contribution in [0.3, 0.4) is 0 Å². The van der Waals surface area contributed by atoms with Crippen molar-refractivity contribution >= 4 is 23.9 Å². The highest BCUT2D eigenvalue weighted by Gasteiger charge is 2.43. The average Bonchev–Trinajstić information content (AvgIpc) is 2.60. The van der Waals surface area contributed by atoms with E-state index in [2.05, 4.69) is 0 Å². The van der Waals surface area contributed by atoms with Gasteiger partial charge >= 0.3 is 5.97 Å². The molecule has 0 aliphatic heterocycles. The molecular formula is C19H19ClO3. The van der Waals surface area contributed by atoms with E-state index in [1.807, 2.05) is 18.2 Å². The summed E-state index contributed by atoms with van der Waals surface area (Å²) >= 11 is 6.12. The number of aldehydes is 1. The summed E-state index contributed by atoms with van der Waals surface area (Å²) in [5.74, 6) is -0.110. The van der Waals surface area contributed by atoms with Crippen molar-refractivity contribution in [3.8, 4) is 0 Å². The number of rotatable bonds is 4. The molecule has 1 aromatic carbocycles. The van der Waals surface area contributed by atoms with Crippen LogP contribution in [-0.2, 0) is 9.53 Å². The van der Waals surface area contributed by atoms with E-state index in [4.69, 9.17) is 16.3 Å². The van der Waals surface area contributed by atoms with Crippen molar-refractivity contribution in [2.45, 2.75) is 25.7 Å². The lowest BCUT2D eigenvalue weighted by Gasteiger charge is -2.40. The molecule has 0 aromatic heterocycles. The molecular weight excluding hydrogens is 312 g/mol. The molecule has 3 rings (SSSR count). The molecule has 2 unspecified atom stereocenters. The molecule has 3 nitrogen and oxygen atoms in total. The Balaban J connectivity index is 1.78. The van der Waals surface area contributed by atoms with Gasteiger partial charge < -0.3 is 9.53 Å². The van der Waals surface area contributed by atoms with E-state index in [9.17, 15) is 9.59 Å². The van der Waals surface area contributed by atoms with Gasteiger partial charge in [-0.2, -0.15) is 0 Å². The molecule has 1 fully saturated rings. The minimum absolute atomic E-state index is 0.0953. The zero-order chi connectivity index (χ0) is 16.3. The Morgan fingerprint density at radius 2 is 2.09 bits per heavy atom. The van der Waals surface area contributed by atoms with Crippen LogP contribution < -0.4 is 0 Å². The van der Waals surface area contributed by atoms with Gasteiger partial charge in [-0.1, -0.05) is 47.9 Å². The van der Waals surface area contributed by atoms with Gasteiger partial charge in [0.25, 0.3) is 0 Å². The van der Waals surface area contributed by atoms with Crippen molar-refractivity contribution in [3.05, 3.63) is 58.7 Å². The SMILES string of the molecule is O=CC1(COC(=O)c2ccccc2)CCCC2CC(Cl)=CC=C21. The third-order valence-corrected chi connectivity index (χ3v) is 5.05. The predicted octanol–water partition coefficient (Wildman–Crippen LogP) is 4.28. The summed E-state index contributed by atoms with van der Waals surface area (Å²) in [5.41, 5.74) is 0.854. The number of carbonyl (C=O) groups excluding carboxylic acids is 2. The molecule has 2 aliphatic carbocycles. The Hall–Kier alpha value is -1.87.